The first-order chi connectivity index (χ1) is 20.0. The number of ketones is 2. The molecule has 2 aliphatic rings. The Labute approximate surface area is 246 Å². The summed E-state index contributed by atoms with van der Waals surface area (Å²) in [6, 6.07) is 1.74. The quantitative estimate of drug-likeness (QED) is 0.180. The minimum atomic E-state index is -1.17. The Kier molecular flexibility index (Phi) is 12.2. The summed E-state index contributed by atoms with van der Waals surface area (Å²) in [6.45, 7) is 10.9. The molecule has 0 amide bonds. The van der Waals surface area contributed by atoms with Crippen molar-refractivity contribution in [3.63, 3.8) is 0 Å². The summed E-state index contributed by atoms with van der Waals surface area (Å²) in [5.74, 6) is -2.11. The number of hydrogen-bond donors (Lipinski definition) is 1. The molecule has 6 unspecified atom stereocenters. The number of aromatic nitrogens is 1. The Balaban J connectivity index is 1.76. The Hall–Kier alpha value is -3.60. The van der Waals surface area contributed by atoms with Crippen LogP contribution in [-0.4, -0.2) is 58.3 Å². The van der Waals surface area contributed by atoms with Gasteiger partial charge in [0.15, 0.2) is 18.2 Å². The van der Waals surface area contributed by atoms with Crippen molar-refractivity contribution in [2.75, 3.05) is 6.61 Å². The lowest BCUT2D eigenvalue weighted by molar-refractivity contribution is -0.158. The van der Waals surface area contributed by atoms with E-state index in [-0.39, 0.29) is 67.8 Å². The second-order valence-electron chi connectivity index (χ2n) is 11.2. The van der Waals surface area contributed by atoms with Crippen LogP contribution in [0, 0.1) is 30.6 Å². The number of aliphatic hydroxyl groups excluding tert-OH is 1. The zero-order chi connectivity index (χ0) is 30.8. The maximum absolute atomic E-state index is 13.1. The summed E-state index contributed by atoms with van der Waals surface area (Å²) in [4.78, 5) is 56.1. The normalized spacial score (nSPS) is 24.3. The van der Waals surface area contributed by atoms with Gasteiger partial charge in [0.05, 0.1) is 29.8 Å². The number of allylic oxidation sites excluding steroid dienone is 1. The van der Waals surface area contributed by atoms with Gasteiger partial charge in [0.1, 0.15) is 18.5 Å². The van der Waals surface area contributed by atoms with Crippen LogP contribution in [0.4, 0.5) is 0 Å². The zero-order valence-corrected chi connectivity index (χ0v) is 24.9. The smallest absolute Gasteiger partial charge is 0.308 e. The third-order valence-electron chi connectivity index (χ3n) is 7.93. The van der Waals surface area contributed by atoms with Gasteiger partial charge in [0.25, 0.3) is 0 Å². The van der Waals surface area contributed by atoms with Gasteiger partial charge in [0, 0.05) is 30.7 Å². The monoisotopic (exact) mass is 586 g/mol. The molecule has 1 N–H and O–H groups in total. The van der Waals surface area contributed by atoms with E-state index in [2.05, 4.69) is 16.9 Å². The van der Waals surface area contributed by atoms with E-state index in [1.807, 2.05) is 20.8 Å². The van der Waals surface area contributed by atoms with Crippen molar-refractivity contribution in [1.82, 2.24) is 5.16 Å². The molecule has 1 heterocycles. The Morgan fingerprint density at radius 3 is 2.74 bits per heavy atom. The minimum absolute atomic E-state index is 0.0309. The van der Waals surface area contributed by atoms with Crippen LogP contribution in [0.15, 0.2) is 40.0 Å². The van der Waals surface area contributed by atoms with Gasteiger partial charge < -0.3 is 23.9 Å². The van der Waals surface area contributed by atoms with Crippen molar-refractivity contribution in [1.29, 1.82) is 0 Å². The van der Waals surface area contributed by atoms with Crippen molar-refractivity contribution >= 4 is 29.2 Å². The van der Waals surface area contributed by atoms with Gasteiger partial charge in [0.2, 0.25) is 0 Å². The van der Waals surface area contributed by atoms with Crippen molar-refractivity contribution in [3.8, 4) is 0 Å². The van der Waals surface area contributed by atoms with Crippen LogP contribution in [0.1, 0.15) is 77.2 Å². The summed E-state index contributed by atoms with van der Waals surface area (Å²) in [5, 5.41) is 18.4. The number of carbonyl (C=O) groups excluding carboxylic acids is 4. The van der Waals surface area contributed by atoms with Gasteiger partial charge in [-0.05, 0) is 50.2 Å². The fraction of sp³-hybridized carbons (Fsp3) is 0.613. The predicted molar refractivity (Wildman–Crippen MR) is 152 cm³/mol. The lowest BCUT2D eigenvalue weighted by Crippen LogP contribution is -2.46. The molecule has 1 aromatic heterocycles. The molecule has 0 aromatic carbocycles. The molecule has 11 nitrogen and oxygen atoms in total. The van der Waals surface area contributed by atoms with Gasteiger partial charge in [-0.2, -0.15) is 0 Å². The SMILES string of the molecule is C=CCOC(=O)CC(O)CC(=O)CCC1C(C)C(=O)C=C2C(=NOCc3cc(C)no3)CCC(OC(=O)C(C)CC)C21. The molecule has 0 bridgehead atoms. The molecule has 1 aromatic rings. The minimum Gasteiger partial charge on any atom is -0.461 e. The maximum Gasteiger partial charge on any atom is 0.308 e. The molecule has 1 saturated carbocycles. The molecule has 0 spiro atoms. The van der Waals surface area contributed by atoms with Crippen LogP contribution in [0.25, 0.3) is 0 Å². The fourth-order valence-electron chi connectivity index (χ4n) is 5.41. The molecule has 42 heavy (non-hydrogen) atoms. The topological polar surface area (TPSA) is 155 Å². The average Bonchev–Trinajstić information content (AvgIpc) is 3.37. The number of aliphatic hydroxyl groups is 1. The standard InChI is InChI=1S/C31H42N2O9/c1-6-12-39-29(37)15-22(35)14-21(34)8-9-24-20(5)27(36)16-25-26(33-40-17-23-13-19(4)32-42-23)10-11-28(30(24)25)41-31(38)18(3)7-2/h6,13,16,18,20,22,24,28,30,35H,1,7-12,14-15,17H2,2-5H3. The second-order valence-corrected chi connectivity index (χ2v) is 11.2. The lowest BCUT2D eigenvalue weighted by Gasteiger charge is -2.43. The van der Waals surface area contributed by atoms with Gasteiger partial charge in [-0.3, -0.25) is 19.2 Å². The second kappa shape index (κ2) is 15.6. The number of nitrogens with zero attached hydrogens (tertiary/aromatic N) is 2. The van der Waals surface area contributed by atoms with Gasteiger partial charge in [-0.25, -0.2) is 0 Å². The zero-order valence-electron chi connectivity index (χ0n) is 24.9. The molecule has 3 rings (SSSR count). The van der Waals surface area contributed by atoms with E-state index in [9.17, 15) is 24.3 Å². The van der Waals surface area contributed by atoms with Crippen LogP contribution in [-0.2, 0) is 40.1 Å². The third-order valence-corrected chi connectivity index (χ3v) is 7.93. The largest absolute Gasteiger partial charge is 0.461 e. The molecule has 0 aliphatic heterocycles. The highest BCUT2D eigenvalue weighted by molar-refractivity contribution is 6.08. The van der Waals surface area contributed by atoms with Crippen LogP contribution >= 0.6 is 0 Å². The number of fused-ring (bicyclic) bond motifs is 1. The highest BCUT2D eigenvalue weighted by atomic mass is 16.6. The van der Waals surface area contributed by atoms with E-state index < -0.39 is 24.1 Å². The number of carbonyl (C=O) groups is 4. The Morgan fingerprint density at radius 1 is 1.31 bits per heavy atom. The number of aryl methyl sites for hydroxylation is 1. The fourth-order valence-corrected chi connectivity index (χ4v) is 5.41. The number of oxime groups is 1. The van der Waals surface area contributed by atoms with E-state index in [1.165, 1.54) is 6.08 Å². The van der Waals surface area contributed by atoms with Crippen molar-refractivity contribution < 1.29 is 43.1 Å². The van der Waals surface area contributed by atoms with Crippen molar-refractivity contribution in [2.24, 2.45) is 28.8 Å². The predicted octanol–water partition coefficient (Wildman–Crippen LogP) is 4.20. The number of rotatable bonds is 15. The third kappa shape index (κ3) is 8.95. The lowest BCUT2D eigenvalue weighted by atomic mass is 9.63. The molecule has 0 saturated heterocycles. The molecular formula is C31H42N2O9. The molecular weight excluding hydrogens is 544 g/mol. The summed E-state index contributed by atoms with van der Waals surface area (Å²) in [5.41, 5.74) is 1.97. The van der Waals surface area contributed by atoms with E-state index in [0.717, 1.165) is 5.69 Å². The first-order valence-corrected chi connectivity index (χ1v) is 14.6. The van der Waals surface area contributed by atoms with Gasteiger partial charge in [-0.15, -0.1) is 0 Å². The van der Waals surface area contributed by atoms with Crippen molar-refractivity contribution in [2.45, 2.75) is 91.5 Å². The summed E-state index contributed by atoms with van der Waals surface area (Å²) in [6.07, 6.45) is 2.81. The van der Waals surface area contributed by atoms with Crippen LogP contribution in [0.3, 0.4) is 0 Å². The average molecular weight is 587 g/mol. The van der Waals surface area contributed by atoms with Crippen LogP contribution in [0.2, 0.25) is 0 Å². The number of ether oxygens (including phenoxy) is 2. The molecule has 6 atom stereocenters. The van der Waals surface area contributed by atoms with E-state index >= 15 is 0 Å². The summed E-state index contributed by atoms with van der Waals surface area (Å²) < 4.78 is 16.1. The maximum atomic E-state index is 13.1. The number of esters is 2. The van der Waals surface area contributed by atoms with Crippen LogP contribution in [0.5, 0.6) is 0 Å². The Morgan fingerprint density at radius 2 is 2.07 bits per heavy atom. The van der Waals surface area contributed by atoms with E-state index in [1.54, 1.807) is 19.1 Å². The molecule has 2 aliphatic carbocycles. The highest BCUT2D eigenvalue weighted by Crippen LogP contribution is 2.44. The van der Waals surface area contributed by atoms with E-state index in [0.29, 0.717) is 42.7 Å². The van der Waals surface area contributed by atoms with Crippen LogP contribution < -0.4 is 0 Å². The number of hydrogen-bond acceptors (Lipinski definition) is 11. The molecule has 11 heteroatoms. The first-order valence-electron chi connectivity index (χ1n) is 14.6. The van der Waals surface area contributed by atoms with E-state index in [4.69, 9.17) is 18.8 Å². The van der Waals surface area contributed by atoms with Gasteiger partial charge >= 0.3 is 11.9 Å². The van der Waals surface area contributed by atoms with Gasteiger partial charge in [-0.1, -0.05) is 43.7 Å². The molecule has 230 valence electrons. The molecule has 1 fully saturated rings. The number of Topliss-reactive ketones (excluding diaryl/α,β-unsaturated/α-hetero) is 1. The van der Waals surface area contributed by atoms with Crippen molar-refractivity contribution in [3.05, 3.63) is 41.8 Å². The Bertz CT molecular complexity index is 1200. The first kappa shape index (κ1) is 32.9. The summed E-state index contributed by atoms with van der Waals surface area (Å²) in [7, 11) is 0. The highest BCUT2D eigenvalue weighted by Gasteiger charge is 2.46. The molecule has 0 radical (unpaired) electrons. The summed E-state index contributed by atoms with van der Waals surface area (Å²) >= 11 is 0.